The van der Waals surface area contributed by atoms with E-state index in [4.69, 9.17) is 0 Å². The van der Waals surface area contributed by atoms with E-state index in [1.165, 1.54) is 11.1 Å². The van der Waals surface area contributed by atoms with Gasteiger partial charge in [-0.25, -0.2) is 0 Å². The van der Waals surface area contributed by atoms with Crippen molar-refractivity contribution in [2.24, 2.45) is 0 Å². The van der Waals surface area contributed by atoms with Crippen LogP contribution in [0.4, 0.5) is 5.69 Å². The number of anilines is 1. The molecular weight excluding hydrogens is 352 g/mol. The number of aryl methyl sites for hydroxylation is 1. The van der Waals surface area contributed by atoms with Crippen molar-refractivity contribution in [1.29, 1.82) is 0 Å². The van der Waals surface area contributed by atoms with Gasteiger partial charge in [-0.1, -0.05) is 38.1 Å². The zero-order chi connectivity index (χ0) is 17.1. The molecule has 2 aromatic rings. The summed E-state index contributed by atoms with van der Waals surface area (Å²) < 4.78 is 13.0. The normalized spacial score (nSPS) is 15.3. The average Bonchev–Trinajstić information content (AvgIpc) is 2.60. The van der Waals surface area contributed by atoms with E-state index in [2.05, 4.69) is 49.2 Å². The summed E-state index contributed by atoms with van der Waals surface area (Å²) in [6.07, 6.45) is 0.854. The molecular formula is C20H27ClN2OS. The minimum Gasteiger partial charge on any atom is -0.606 e. The van der Waals surface area contributed by atoms with Gasteiger partial charge in [0.1, 0.15) is 0 Å². The molecule has 2 aromatic carbocycles. The third kappa shape index (κ3) is 4.14. The molecule has 0 bridgehead atoms. The Balaban J connectivity index is 0.00000225. The maximum Gasteiger partial charge on any atom is 0.166 e. The van der Waals surface area contributed by atoms with Gasteiger partial charge in [-0.3, -0.25) is 0 Å². The monoisotopic (exact) mass is 378 g/mol. The molecule has 5 heteroatoms. The SMILES string of the molecule is CCN(CC)CCNc1ccc(C)c2c1Cc1ccccc1[S+]2[O-].Cl. The first-order valence-corrected chi connectivity index (χ1v) is 9.89. The number of rotatable bonds is 6. The first-order chi connectivity index (χ1) is 11.7. The van der Waals surface area contributed by atoms with Gasteiger partial charge in [-0.2, -0.15) is 0 Å². The Hall–Kier alpha value is -1.20. The van der Waals surface area contributed by atoms with Crippen molar-refractivity contribution in [3.63, 3.8) is 0 Å². The molecule has 1 N–H and O–H groups in total. The lowest BCUT2D eigenvalue weighted by atomic mass is 10.00. The molecule has 1 aliphatic heterocycles. The fraction of sp³-hybridized carbons (Fsp3) is 0.400. The van der Waals surface area contributed by atoms with E-state index in [1.54, 1.807) is 0 Å². The third-order valence-electron chi connectivity index (χ3n) is 4.82. The van der Waals surface area contributed by atoms with Crippen LogP contribution < -0.4 is 5.32 Å². The summed E-state index contributed by atoms with van der Waals surface area (Å²) in [6.45, 7) is 10.5. The molecule has 1 aliphatic rings. The molecule has 0 fully saturated rings. The number of nitrogens with zero attached hydrogens (tertiary/aromatic N) is 1. The van der Waals surface area contributed by atoms with Crippen LogP contribution >= 0.6 is 12.4 Å². The highest BCUT2D eigenvalue weighted by Gasteiger charge is 2.31. The Morgan fingerprint density at radius 2 is 1.84 bits per heavy atom. The van der Waals surface area contributed by atoms with E-state index >= 15 is 0 Å². The zero-order valence-electron chi connectivity index (χ0n) is 15.2. The van der Waals surface area contributed by atoms with Crippen LogP contribution in [0.5, 0.6) is 0 Å². The standard InChI is InChI=1S/C20H26N2OS.ClH/c1-4-22(5-2)13-12-21-18-11-10-15(3)20-17(18)14-16-8-6-7-9-19(16)24(20)23;/h6-11,21H,4-5,12-14H2,1-3H3;1H. The Kier molecular flexibility index (Phi) is 7.20. The molecule has 0 spiro atoms. The van der Waals surface area contributed by atoms with Crippen LogP contribution in [0.1, 0.15) is 30.5 Å². The van der Waals surface area contributed by atoms with Gasteiger partial charge in [-0.05, 0) is 32.1 Å². The van der Waals surface area contributed by atoms with Gasteiger partial charge in [-0.15, -0.1) is 12.4 Å². The smallest absolute Gasteiger partial charge is 0.166 e. The Labute approximate surface area is 160 Å². The topological polar surface area (TPSA) is 38.3 Å². The summed E-state index contributed by atoms with van der Waals surface area (Å²) in [7, 11) is 0. The van der Waals surface area contributed by atoms with Crippen LogP contribution in [0.3, 0.4) is 0 Å². The minimum atomic E-state index is -1.08. The first-order valence-electron chi connectivity index (χ1n) is 8.74. The molecule has 0 amide bonds. The first kappa shape index (κ1) is 20.1. The summed E-state index contributed by atoms with van der Waals surface area (Å²) in [5.41, 5.74) is 4.63. The number of hydrogen-bond donors (Lipinski definition) is 1. The van der Waals surface area contributed by atoms with Gasteiger partial charge in [0.25, 0.3) is 0 Å². The predicted molar refractivity (Wildman–Crippen MR) is 109 cm³/mol. The van der Waals surface area contributed by atoms with E-state index in [1.807, 2.05) is 18.2 Å². The highest BCUT2D eigenvalue weighted by Crippen LogP contribution is 2.39. The molecule has 25 heavy (non-hydrogen) atoms. The number of benzene rings is 2. The van der Waals surface area contributed by atoms with E-state index in [-0.39, 0.29) is 12.4 Å². The van der Waals surface area contributed by atoms with Crippen LogP contribution in [0, 0.1) is 6.92 Å². The van der Waals surface area contributed by atoms with E-state index < -0.39 is 11.2 Å². The highest BCUT2D eigenvalue weighted by atomic mass is 35.5. The molecule has 1 atom stereocenters. The lowest BCUT2D eigenvalue weighted by molar-refractivity contribution is 0.316. The van der Waals surface area contributed by atoms with Gasteiger partial charge in [0, 0.05) is 53.1 Å². The van der Waals surface area contributed by atoms with Crippen molar-refractivity contribution >= 4 is 29.3 Å². The Morgan fingerprint density at radius 1 is 1.12 bits per heavy atom. The van der Waals surface area contributed by atoms with Gasteiger partial charge < -0.3 is 14.8 Å². The Bertz CT molecular complexity index is 719. The number of hydrogen-bond acceptors (Lipinski definition) is 3. The second-order valence-corrected chi connectivity index (χ2v) is 7.63. The van der Waals surface area contributed by atoms with Gasteiger partial charge in [0.15, 0.2) is 9.79 Å². The maximum atomic E-state index is 13.0. The summed E-state index contributed by atoms with van der Waals surface area (Å²) in [6, 6.07) is 12.3. The van der Waals surface area contributed by atoms with Crippen LogP contribution in [0.2, 0.25) is 0 Å². The predicted octanol–water partition coefficient (Wildman–Crippen LogP) is 4.24. The van der Waals surface area contributed by atoms with Crippen molar-refractivity contribution in [2.75, 3.05) is 31.5 Å². The zero-order valence-corrected chi connectivity index (χ0v) is 16.8. The average molecular weight is 379 g/mol. The van der Waals surface area contributed by atoms with Crippen molar-refractivity contribution in [2.45, 2.75) is 37.0 Å². The molecule has 1 unspecified atom stereocenters. The molecule has 1 heterocycles. The quantitative estimate of drug-likeness (QED) is 0.764. The fourth-order valence-electron chi connectivity index (χ4n) is 3.36. The Morgan fingerprint density at radius 3 is 2.56 bits per heavy atom. The molecule has 136 valence electrons. The van der Waals surface area contributed by atoms with Crippen molar-refractivity contribution < 1.29 is 4.55 Å². The third-order valence-corrected chi connectivity index (χ3v) is 6.56. The maximum absolute atomic E-state index is 13.0. The number of fused-ring (bicyclic) bond motifs is 2. The molecule has 0 aliphatic carbocycles. The van der Waals surface area contributed by atoms with Crippen LogP contribution in [-0.4, -0.2) is 35.6 Å². The second-order valence-electron chi connectivity index (χ2n) is 6.24. The molecule has 3 rings (SSSR count). The van der Waals surface area contributed by atoms with E-state index in [0.717, 1.165) is 53.6 Å². The second kappa shape index (κ2) is 8.95. The van der Waals surface area contributed by atoms with Crippen LogP contribution in [0.25, 0.3) is 0 Å². The van der Waals surface area contributed by atoms with E-state index in [0.29, 0.717) is 0 Å². The molecule has 3 nitrogen and oxygen atoms in total. The van der Waals surface area contributed by atoms with Crippen molar-refractivity contribution in [1.82, 2.24) is 4.90 Å². The van der Waals surface area contributed by atoms with Gasteiger partial charge >= 0.3 is 0 Å². The van der Waals surface area contributed by atoms with Crippen molar-refractivity contribution in [3.05, 3.63) is 53.1 Å². The highest BCUT2D eigenvalue weighted by molar-refractivity contribution is 7.91. The molecule has 0 saturated heterocycles. The largest absolute Gasteiger partial charge is 0.606 e. The lowest BCUT2D eigenvalue weighted by Gasteiger charge is -2.26. The molecule has 0 saturated carbocycles. The number of nitrogens with one attached hydrogen (secondary N) is 1. The molecule has 0 aromatic heterocycles. The summed E-state index contributed by atoms with van der Waals surface area (Å²) in [5, 5.41) is 3.57. The van der Waals surface area contributed by atoms with Crippen LogP contribution in [0.15, 0.2) is 46.2 Å². The van der Waals surface area contributed by atoms with Gasteiger partial charge in [0.05, 0.1) is 0 Å². The fourth-order valence-corrected chi connectivity index (χ4v) is 4.93. The minimum absolute atomic E-state index is 0. The number of halogens is 1. The lowest BCUT2D eigenvalue weighted by Crippen LogP contribution is -2.29. The summed E-state index contributed by atoms with van der Waals surface area (Å²) >= 11 is -1.08. The van der Waals surface area contributed by atoms with Crippen LogP contribution in [-0.2, 0) is 17.6 Å². The van der Waals surface area contributed by atoms with Crippen molar-refractivity contribution in [3.8, 4) is 0 Å². The van der Waals surface area contributed by atoms with E-state index in [9.17, 15) is 4.55 Å². The van der Waals surface area contributed by atoms with Gasteiger partial charge in [0.2, 0.25) is 0 Å². The number of likely N-dealkylation sites (N-methyl/N-ethyl adjacent to an activating group) is 1. The molecule has 0 radical (unpaired) electrons. The summed E-state index contributed by atoms with van der Waals surface area (Å²) in [5.74, 6) is 0. The summed E-state index contributed by atoms with van der Waals surface area (Å²) in [4.78, 5) is 4.37.